The molecule has 346 valence electrons. The first-order valence-electron chi connectivity index (χ1n) is 24.1. The fourth-order valence-corrected chi connectivity index (χ4v) is 12.0. The second kappa shape index (κ2) is 24.0. The molecule has 0 spiro atoms. The van der Waals surface area contributed by atoms with Crippen LogP contribution in [0.2, 0.25) is 0 Å². The molecule has 3 aromatic rings. The van der Waals surface area contributed by atoms with Crippen LogP contribution in [0.15, 0.2) is 51.2 Å². The molecule has 0 bridgehead atoms. The lowest BCUT2D eigenvalue weighted by Crippen LogP contribution is -2.56. The van der Waals surface area contributed by atoms with Crippen LogP contribution < -0.4 is 9.64 Å². The first-order valence-corrected chi connectivity index (χ1v) is 27.1. The molecule has 1 aromatic heterocycles. The Morgan fingerprint density at radius 3 is 1.77 bits per heavy atom. The van der Waals surface area contributed by atoms with E-state index in [1.807, 2.05) is 0 Å². The average molecular weight is 900 g/mol. The highest BCUT2D eigenvalue weighted by Gasteiger charge is 2.35. The molecular formula is C49H75F2N5O4S2. The van der Waals surface area contributed by atoms with E-state index in [0.29, 0.717) is 59.1 Å². The summed E-state index contributed by atoms with van der Waals surface area (Å²) in [4.78, 5) is 14.4. The highest BCUT2D eigenvalue weighted by Crippen LogP contribution is 2.40. The summed E-state index contributed by atoms with van der Waals surface area (Å²) in [6, 6.07) is 8.58. The zero-order valence-corrected chi connectivity index (χ0v) is 39.9. The summed E-state index contributed by atoms with van der Waals surface area (Å²) in [7, 11) is -5.77. The molecule has 2 aromatic carbocycles. The first-order chi connectivity index (χ1) is 30.0. The number of likely N-dealkylation sites (tertiary alicyclic amines) is 1. The number of rotatable bonds is 23. The van der Waals surface area contributed by atoms with Gasteiger partial charge in [0.25, 0.3) is 0 Å². The SMILES string of the molecule is CCCCCCCCCCCCCCCCOc1c(F)cc(S(=O)(=O)c2cnc3ccc(S(C)=O)cc3c2N2CCC(N3CCC(N4CCN(C(C)C)CC4)CC3)CC2)cc1F. The van der Waals surface area contributed by atoms with E-state index in [1.54, 1.807) is 24.5 Å². The largest absolute Gasteiger partial charge is 0.488 e. The summed E-state index contributed by atoms with van der Waals surface area (Å²) in [5.74, 6) is -2.64. The number of halogens is 2. The Balaban J connectivity index is 1.05. The highest BCUT2D eigenvalue weighted by atomic mass is 32.2. The normalized spacial score (nSPS) is 18.6. The number of benzene rings is 2. The molecule has 1 unspecified atom stereocenters. The van der Waals surface area contributed by atoms with Crippen LogP contribution in [0, 0.1) is 11.6 Å². The molecule has 0 radical (unpaired) electrons. The summed E-state index contributed by atoms with van der Waals surface area (Å²) in [6.45, 7) is 14.8. The predicted octanol–water partition coefficient (Wildman–Crippen LogP) is 10.4. The van der Waals surface area contributed by atoms with Crippen molar-refractivity contribution in [2.45, 2.75) is 169 Å². The molecule has 13 heteroatoms. The van der Waals surface area contributed by atoms with Crippen molar-refractivity contribution in [2.24, 2.45) is 0 Å². The Bertz CT molecular complexity index is 1970. The Labute approximate surface area is 374 Å². The number of sulfone groups is 1. The summed E-state index contributed by atoms with van der Waals surface area (Å²) in [5.41, 5.74) is 1.01. The molecule has 3 aliphatic rings. The van der Waals surface area contributed by atoms with Crippen molar-refractivity contribution < 1.29 is 26.1 Å². The monoisotopic (exact) mass is 900 g/mol. The molecule has 3 saturated heterocycles. The second-order valence-electron chi connectivity index (χ2n) is 18.4. The number of piperazine rings is 1. The molecule has 3 aliphatic heterocycles. The van der Waals surface area contributed by atoms with Gasteiger partial charge in [-0.25, -0.2) is 17.2 Å². The molecule has 0 aliphatic carbocycles. The third-order valence-corrected chi connectivity index (χ3v) is 16.5. The second-order valence-corrected chi connectivity index (χ2v) is 21.7. The Morgan fingerprint density at radius 2 is 1.24 bits per heavy atom. The quantitative estimate of drug-likeness (QED) is 0.0864. The number of aromatic nitrogens is 1. The van der Waals surface area contributed by atoms with Gasteiger partial charge < -0.3 is 14.5 Å². The maximum absolute atomic E-state index is 15.6. The molecule has 9 nitrogen and oxygen atoms in total. The van der Waals surface area contributed by atoms with E-state index in [-0.39, 0.29) is 11.5 Å². The Kier molecular flexibility index (Phi) is 18.9. The number of hydrogen-bond acceptors (Lipinski definition) is 9. The Hall–Kier alpha value is -2.71. The highest BCUT2D eigenvalue weighted by molar-refractivity contribution is 7.91. The predicted molar refractivity (Wildman–Crippen MR) is 250 cm³/mol. The zero-order chi connectivity index (χ0) is 44.1. The van der Waals surface area contributed by atoms with Crippen LogP contribution >= 0.6 is 0 Å². The van der Waals surface area contributed by atoms with E-state index in [4.69, 9.17) is 4.74 Å². The third-order valence-electron chi connectivity index (χ3n) is 13.8. The molecule has 62 heavy (non-hydrogen) atoms. The maximum atomic E-state index is 15.6. The van der Waals surface area contributed by atoms with Crippen molar-refractivity contribution in [3.8, 4) is 5.75 Å². The van der Waals surface area contributed by atoms with Crippen LogP contribution in [-0.2, 0) is 20.6 Å². The molecule has 0 N–H and O–H groups in total. The summed E-state index contributed by atoms with van der Waals surface area (Å²) in [5, 5.41) is 0.560. The average Bonchev–Trinajstić information content (AvgIpc) is 3.27. The van der Waals surface area contributed by atoms with Gasteiger partial charge in [0.15, 0.2) is 17.4 Å². The number of fused-ring (bicyclic) bond motifs is 1. The van der Waals surface area contributed by atoms with Gasteiger partial charge in [-0.05, 0) is 89.4 Å². The summed E-state index contributed by atoms with van der Waals surface area (Å²) >= 11 is 0. The van der Waals surface area contributed by atoms with Crippen molar-refractivity contribution in [3.05, 3.63) is 48.2 Å². The summed E-state index contributed by atoms with van der Waals surface area (Å²) < 4.78 is 78.4. The van der Waals surface area contributed by atoms with Crippen LogP contribution in [0.3, 0.4) is 0 Å². The van der Waals surface area contributed by atoms with E-state index >= 15 is 8.78 Å². The topological polar surface area (TPSA) is 86.3 Å². The number of hydrogen-bond donors (Lipinski definition) is 0. The smallest absolute Gasteiger partial charge is 0.210 e. The number of unbranched alkanes of at least 4 members (excludes halogenated alkanes) is 13. The molecule has 1 atom stereocenters. The molecule has 4 heterocycles. The lowest BCUT2D eigenvalue weighted by atomic mass is 9.96. The maximum Gasteiger partial charge on any atom is 0.210 e. The van der Waals surface area contributed by atoms with E-state index < -0.39 is 42.9 Å². The molecule has 3 fully saturated rings. The van der Waals surface area contributed by atoms with Crippen molar-refractivity contribution in [1.29, 1.82) is 0 Å². The number of pyridine rings is 1. The minimum atomic E-state index is -4.45. The molecular weight excluding hydrogens is 825 g/mol. The fourth-order valence-electron chi connectivity index (χ4n) is 9.96. The van der Waals surface area contributed by atoms with Crippen LogP contribution in [0.25, 0.3) is 10.9 Å². The third kappa shape index (κ3) is 13.0. The van der Waals surface area contributed by atoms with Gasteiger partial charge in [0.2, 0.25) is 9.84 Å². The standard InChI is InChI=1S/C49H75F2N5O4S2/c1-5-6-7-8-9-10-11-12-13-14-15-16-17-18-33-60-49-44(50)35-42(36-45(49)51)62(58,59)47-37-52-46-20-19-41(61(4)57)34-43(46)48(47)56-27-23-39(24-28-56)54-25-21-40(22-26-54)55-31-29-53(30-32-55)38(2)3/h19-20,34-40H,5-18,21-33H2,1-4H3. The van der Waals surface area contributed by atoms with Crippen LogP contribution in [0.1, 0.15) is 136 Å². The molecule has 0 amide bonds. The van der Waals surface area contributed by atoms with E-state index in [9.17, 15) is 12.6 Å². The first kappa shape index (κ1) is 48.7. The van der Waals surface area contributed by atoms with Crippen molar-refractivity contribution >= 4 is 37.2 Å². The van der Waals surface area contributed by atoms with Gasteiger partial charge in [0.1, 0.15) is 4.90 Å². The number of piperidine rings is 2. The van der Waals surface area contributed by atoms with Crippen LogP contribution in [-0.4, -0.2) is 116 Å². The fraction of sp³-hybridized carbons (Fsp3) is 0.694. The summed E-state index contributed by atoms with van der Waals surface area (Å²) in [6.07, 6.45) is 23.8. The van der Waals surface area contributed by atoms with Crippen molar-refractivity contribution in [1.82, 2.24) is 19.7 Å². The lowest BCUT2D eigenvalue weighted by molar-refractivity contribution is 0.0359. The Morgan fingerprint density at radius 1 is 0.726 bits per heavy atom. The number of anilines is 1. The molecule has 6 rings (SSSR count). The zero-order valence-electron chi connectivity index (χ0n) is 38.2. The number of nitrogens with zero attached hydrogens (tertiary/aromatic N) is 5. The van der Waals surface area contributed by atoms with Crippen LogP contribution in [0.4, 0.5) is 14.5 Å². The number of ether oxygens (including phenoxy) is 1. The minimum absolute atomic E-state index is 0.115. The van der Waals surface area contributed by atoms with Gasteiger partial charge in [-0.3, -0.25) is 19.0 Å². The van der Waals surface area contributed by atoms with Gasteiger partial charge in [-0.1, -0.05) is 90.4 Å². The van der Waals surface area contributed by atoms with Gasteiger partial charge in [0.05, 0.1) is 22.7 Å². The van der Waals surface area contributed by atoms with Crippen molar-refractivity contribution in [2.75, 3.05) is 70.1 Å². The van der Waals surface area contributed by atoms with Crippen LogP contribution in [0.5, 0.6) is 5.75 Å². The van der Waals surface area contributed by atoms with E-state index in [0.717, 1.165) is 96.3 Å². The van der Waals surface area contributed by atoms with Crippen molar-refractivity contribution in [3.63, 3.8) is 0 Å². The minimum Gasteiger partial charge on any atom is -0.488 e. The van der Waals surface area contributed by atoms with E-state index in [1.165, 1.54) is 70.4 Å². The lowest BCUT2D eigenvalue weighted by Gasteiger charge is -2.46. The van der Waals surface area contributed by atoms with Gasteiger partial charge in [-0.15, -0.1) is 0 Å². The molecule has 0 saturated carbocycles. The van der Waals surface area contributed by atoms with Gasteiger partial charge in [0, 0.05) is 90.9 Å². The van der Waals surface area contributed by atoms with Gasteiger partial charge >= 0.3 is 0 Å². The van der Waals surface area contributed by atoms with E-state index in [2.05, 4.69) is 45.4 Å². The van der Waals surface area contributed by atoms with Gasteiger partial charge in [-0.2, -0.15) is 0 Å².